The van der Waals surface area contributed by atoms with E-state index in [4.69, 9.17) is 5.11 Å². The Balaban J connectivity index is 2.71. The second-order valence-corrected chi connectivity index (χ2v) is 7.95. The summed E-state index contributed by atoms with van der Waals surface area (Å²) in [5, 5.41) is 11.2. The van der Waals surface area contributed by atoms with E-state index >= 15 is 0 Å². The first kappa shape index (κ1) is 22.8. The molecule has 0 fully saturated rings. The highest BCUT2D eigenvalue weighted by atomic mass is 16.3. The van der Waals surface area contributed by atoms with Gasteiger partial charge < -0.3 is 5.11 Å². The molecule has 1 unspecified atom stereocenters. The number of rotatable bonds is 6. The fraction of sp³-hybridized carbons (Fsp3) is 0.478. The van der Waals surface area contributed by atoms with E-state index in [1.165, 1.54) is 43.4 Å². The van der Waals surface area contributed by atoms with Gasteiger partial charge in [0.15, 0.2) is 0 Å². The molecule has 0 bridgehead atoms. The number of carbonyl (C=O) groups excluding carboxylic acids is 2. The molecule has 0 spiro atoms. The van der Waals surface area contributed by atoms with E-state index in [0.29, 0.717) is 5.57 Å². The normalized spacial score (nSPS) is 19.7. The van der Waals surface area contributed by atoms with Crippen molar-refractivity contribution in [1.29, 1.82) is 0 Å². The molecule has 2 N–H and O–H groups in total. The van der Waals surface area contributed by atoms with Crippen LogP contribution in [0.1, 0.15) is 60.8 Å². The molecule has 1 atom stereocenters. The number of nitrogens with one attached hydrogen (secondary N) is 1. The molecule has 1 aliphatic carbocycles. The highest BCUT2D eigenvalue weighted by Gasteiger charge is 2.26. The van der Waals surface area contributed by atoms with Crippen LogP contribution in [-0.4, -0.2) is 23.0 Å². The average molecular weight is 372 g/mol. The van der Waals surface area contributed by atoms with Gasteiger partial charge in [-0.05, 0) is 63.5 Å². The number of aliphatic hydroxyl groups is 1. The second-order valence-electron chi connectivity index (χ2n) is 7.95. The average Bonchev–Trinajstić information content (AvgIpc) is 2.53. The van der Waals surface area contributed by atoms with Gasteiger partial charge in [0.05, 0.1) is 0 Å². The van der Waals surface area contributed by atoms with Crippen LogP contribution >= 0.6 is 0 Å². The van der Waals surface area contributed by atoms with E-state index in [9.17, 15) is 9.59 Å². The maximum absolute atomic E-state index is 11.6. The van der Waals surface area contributed by atoms with Gasteiger partial charge in [-0.1, -0.05) is 55.4 Å². The summed E-state index contributed by atoms with van der Waals surface area (Å²) < 4.78 is 0. The third kappa shape index (κ3) is 7.92. The standard InChI is InChI=1S/C23H33NO3/c1-16(12-13-20-18(3)11-8-14-23(20,5)6)9-7-10-17(2)15-21(26)24-22(27)19(4)25/h7,9-10,12-13,15,19,25H,8,11,14H2,1-6H3,(H,24,26,27). The van der Waals surface area contributed by atoms with Crippen LogP contribution in [0.25, 0.3) is 0 Å². The van der Waals surface area contributed by atoms with Crippen LogP contribution in [0.3, 0.4) is 0 Å². The number of amides is 2. The van der Waals surface area contributed by atoms with Crippen molar-refractivity contribution in [1.82, 2.24) is 5.32 Å². The smallest absolute Gasteiger partial charge is 0.255 e. The third-order valence-electron chi connectivity index (χ3n) is 4.76. The molecule has 27 heavy (non-hydrogen) atoms. The van der Waals surface area contributed by atoms with Crippen LogP contribution in [0.4, 0.5) is 0 Å². The Morgan fingerprint density at radius 2 is 1.85 bits per heavy atom. The Morgan fingerprint density at radius 3 is 2.44 bits per heavy atom. The Kier molecular flexibility index (Phi) is 8.64. The maximum atomic E-state index is 11.6. The summed E-state index contributed by atoms with van der Waals surface area (Å²) >= 11 is 0. The van der Waals surface area contributed by atoms with Crippen molar-refractivity contribution in [2.24, 2.45) is 5.41 Å². The van der Waals surface area contributed by atoms with Gasteiger partial charge in [-0.15, -0.1) is 0 Å². The molecule has 4 nitrogen and oxygen atoms in total. The van der Waals surface area contributed by atoms with Gasteiger partial charge in [-0.2, -0.15) is 0 Å². The predicted molar refractivity (Wildman–Crippen MR) is 111 cm³/mol. The Labute approximate surface area is 163 Å². The van der Waals surface area contributed by atoms with Gasteiger partial charge in [0, 0.05) is 6.08 Å². The van der Waals surface area contributed by atoms with Crippen LogP contribution in [0.5, 0.6) is 0 Å². The van der Waals surface area contributed by atoms with Crippen molar-refractivity contribution in [2.75, 3.05) is 0 Å². The molecule has 4 heteroatoms. The molecule has 2 amide bonds. The summed E-state index contributed by atoms with van der Waals surface area (Å²) in [6.45, 7) is 12.0. The minimum atomic E-state index is -1.21. The van der Waals surface area contributed by atoms with Gasteiger partial charge >= 0.3 is 0 Å². The SMILES string of the molecule is CC(C=CC1=C(C)CCCC1(C)C)=CC=CC(C)=CC(=O)NC(=O)C(C)O. The molecule has 148 valence electrons. The van der Waals surface area contributed by atoms with E-state index in [1.54, 1.807) is 13.0 Å². The lowest BCUT2D eigenvalue weighted by Crippen LogP contribution is -2.36. The first-order valence-corrected chi connectivity index (χ1v) is 9.47. The molecule has 1 rings (SSSR count). The summed E-state index contributed by atoms with van der Waals surface area (Å²) in [5.41, 5.74) is 4.97. The third-order valence-corrected chi connectivity index (χ3v) is 4.76. The molecular weight excluding hydrogens is 338 g/mol. The molecule has 0 aromatic carbocycles. The minimum absolute atomic E-state index is 0.227. The van der Waals surface area contributed by atoms with E-state index in [2.05, 4.69) is 38.2 Å². The molecule has 0 saturated carbocycles. The van der Waals surface area contributed by atoms with Gasteiger partial charge in [0.25, 0.3) is 11.8 Å². The second kappa shape index (κ2) is 10.2. The summed E-state index contributed by atoms with van der Waals surface area (Å²) in [7, 11) is 0. The van der Waals surface area contributed by atoms with Crippen molar-refractivity contribution < 1.29 is 14.7 Å². The summed E-state index contributed by atoms with van der Waals surface area (Å²) in [6.07, 6.45) is 13.8. The Hall–Kier alpha value is -2.20. The fourth-order valence-corrected chi connectivity index (χ4v) is 3.15. The number of allylic oxidation sites excluding steroid dienone is 9. The van der Waals surface area contributed by atoms with E-state index in [-0.39, 0.29) is 5.41 Å². The van der Waals surface area contributed by atoms with E-state index in [1.807, 2.05) is 19.1 Å². The van der Waals surface area contributed by atoms with Crippen molar-refractivity contribution in [3.05, 3.63) is 58.7 Å². The molecule has 0 radical (unpaired) electrons. The highest BCUT2D eigenvalue weighted by Crippen LogP contribution is 2.40. The first-order chi connectivity index (χ1) is 12.5. The van der Waals surface area contributed by atoms with Crippen molar-refractivity contribution >= 4 is 11.8 Å². The largest absolute Gasteiger partial charge is 0.384 e. The zero-order chi connectivity index (χ0) is 20.6. The van der Waals surface area contributed by atoms with Crippen LogP contribution in [0, 0.1) is 5.41 Å². The summed E-state index contributed by atoms with van der Waals surface area (Å²) in [5.74, 6) is -1.24. The maximum Gasteiger partial charge on any atom is 0.255 e. The van der Waals surface area contributed by atoms with Crippen molar-refractivity contribution in [3.8, 4) is 0 Å². The van der Waals surface area contributed by atoms with Crippen molar-refractivity contribution in [2.45, 2.75) is 66.9 Å². The lowest BCUT2D eigenvalue weighted by molar-refractivity contribution is -0.133. The fourth-order valence-electron chi connectivity index (χ4n) is 3.15. The minimum Gasteiger partial charge on any atom is -0.384 e. The highest BCUT2D eigenvalue weighted by molar-refractivity contribution is 6.02. The zero-order valence-corrected chi connectivity index (χ0v) is 17.4. The Bertz CT molecular complexity index is 716. The Morgan fingerprint density at radius 1 is 1.19 bits per heavy atom. The molecule has 0 aromatic heterocycles. The van der Waals surface area contributed by atoms with Gasteiger partial charge in [-0.25, -0.2) is 0 Å². The molecule has 1 aliphatic rings. The number of imide groups is 1. The van der Waals surface area contributed by atoms with Crippen LogP contribution in [0.15, 0.2) is 58.7 Å². The predicted octanol–water partition coefficient (Wildman–Crippen LogP) is 4.54. The number of aliphatic hydroxyl groups excluding tert-OH is 1. The topological polar surface area (TPSA) is 66.4 Å². The zero-order valence-electron chi connectivity index (χ0n) is 17.4. The monoisotopic (exact) mass is 371 g/mol. The molecule has 0 heterocycles. The number of hydrogen-bond acceptors (Lipinski definition) is 3. The van der Waals surface area contributed by atoms with Gasteiger partial charge in [0.1, 0.15) is 6.10 Å². The molecule has 0 saturated heterocycles. The number of carbonyl (C=O) groups is 2. The lowest BCUT2D eigenvalue weighted by atomic mass is 9.72. The van der Waals surface area contributed by atoms with Gasteiger partial charge in [0.2, 0.25) is 0 Å². The first-order valence-electron chi connectivity index (χ1n) is 9.47. The molecular formula is C23H33NO3. The van der Waals surface area contributed by atoms with E-state index in [0.717, 1.165) is 5.57 Å². The van der Waals surface area contributed by atoms with Crippen molar-refractivity contribution in [3.63, 3.8) is 0 Å². The molecule has 0 aliphatic heterocycles. The lowest BCUT2D eigenvalue weighted by Gasteiger charge is -2.32. The van der Waals surface area contributed by atoms with Gasteiger partial charge in [-0.3, -0.25) is 14.9 Å². The number of hydrogen-bond donors (Lipinski definition) is 2. The quantitative estimate of drug-likeness (QED) is 0.532. The van der Waals surface area contributed by atoms with Crippen LogP contribution < -0.4 is 5.32 Å². The van der Waals surface area contributed by atoms with Crippen LogP contribution in [0.2, 0.25) is 0 Å². The molecule has 0 aromatic rings. The summed E-state index contributed by atoms with van der Waals surface area (Å²) in [4.78, 5) is 22.9. The van der Waals surface area contributed by atoms with E-state index < -0.39 is 17.9 Å². The van der Waals surface area contributed by atoms with Crippen LogP contribution in [-0.2, 0) is 9.59 Å². The summed E-state index contributed by atoms with van der Waals surface area (Å²) in [6, 6.07) is 0.